The molecule has 0 atom stereocenters. The summed E-state index contributed by atoms with van der Waals surface area (Å²) in [4.78, 5) is 25.1. The monoisotopic (exact) mass is 271 g/mol. The average molecular weight is 272 g/mol. The normalized spacial score (nSPS) is 18.9. The Morgan fingerprint density at radius 2 is 1.65 bits per heavy atom. The van der Waals surface area contributed by atoms with Crippen molar-refractivity contribution in [3.63, 3.8) is 0 Å². The number of benzene rings is 1. The number of imide groups is 1. The Kier molecular flexibility index (Phi) is 2.92. The van der Waals surface area contributed by atoms with Crippen molar-refractivity contribution in [1.29, 1.82) is 0 Å². The van der Waals surface area contributed by atoms with E-state index >= 15 is 0 Å². The van der Waals surface area contributed by atoms with Crippen LogP contribution in [-0.2, 0) is 9.59 Å². The zero-order valence-corrected chi connectivity index (χ0v) is 11.0. The zero-order chi connectivity index (χ0) is 12.8. The van der Waals surface area contributed by atoms with Crippen LogP contribution in [0, 0.1) is 5.41 Å². The van der Waals surface area contributed by atoms with Gasteiger partial charge in [0.25, 0.3) is 0 Å². The highest BCUT2D eigenvalue weighted by molar-refractivity contribution is 6.35. The summed E-state index contributed by atoms with van der Waals surface area (Å²) in [5.74, 6) is -0.445. The number of carbonyl (C=O) groups excluding carboxylic acids is 2. The van der Waals surface area contributed by atoms with E-state index in [-0.39, 0.29) is 18.2 Å². The van der Waals surface area contributed by atoms with Gasteiger partial charge in [0.15, 0.2) is 0 Å². The quantitative estimate of drug-likeness (QED) is 0.736. The molecule has 0 radical (unpaired) electrons. The summed E-state index contributed by atoms with van der Waals surface area (Å²) in [6, 6.07) is 4.68. The largest absolute Gasteiger partial charge is 0.274 e. The molecule has 3 nitrogen and oxygen atoms in total. The van der Waals surface area contributed by atoms with Crippen molar-refractivity contribution in [2.45, 2.75) is 20.3 Å². The number of amides is 2. The summed E-state index contributed by atoms with van der Waals surface area (Å²) < 4.78 is 0. The van der Waals surface area contributed by atoms with Gasteiger partial charge in [-0.25, -0.2) is 4.90 Å². The third kappa shape index (κ3) is 2.17. The SMILES string of the molecule is CC1(C)CC(=O)N(c2cc(Cl)cc(Cl)c2)C1=O. The molecule has 0 aromatic heterocycles. The molecule has 1 aromatic rings. The van der Waals surface area contributed by atoms with Crippen molar-refractivity contribution >= 4 is 40.7 Å². The molecule has 0 N–H and O–H groups in total. The molecule has 2 rings (SSSR count). The van der Waals surface area contributed by atoms with Crippen molar-refractivity contribution in [1.82, 2.24) is 0 Å². The van der Waals surface area contributed by atoms with Gasteiger partial charge < -0.3 is 0 Å². The van der Waals surface area contributed by atoms with Gasteiger partial charge in [-0.2, -0.15) is 0 Å². The minimum Gasteiger partial charge on any atom is -0.274 e. The summed E-state index contributed by atoms with van der Waals surface area (Å²) in [5.41, 5.74) is -0.227. The van der Waals surface area contributed by atoms with Crippen LogP contribution in [0.5, 0.6) is 0 Å². The van der Waals surface area contributed by atoms with Crippen LogP contribution in [0.3, 0.4) is 0 Å². The number of rotatable bonds is 1. The maximum Gasteiger partial charge on any atom is 0.239 e. The zero-order valence-electron chi connectivity index (χ0n) is 9.46. The van der Waals surface area contributed by atoms with Gasteiger partial charge >= 0.3 is 0 Å². The van der Waals surface area contributed by atoms with Crippen LogP contribution in [-0.4, -0.2) is 11.8 Å². The molecule has 1 heterocycles. The van der Waals surface area contributed by atoms with E-state index in [1.807, 2.05) is 0 Å². The standard InChI is InChI=1S/C12H11Cl2NO2/c1-12(2)6-10(16)15(11(12)17)9-4-7(13)3-8(14)5-9/h3-5H,6H2,1-2H3. The molecule has 0 spiro atoms. The molecule has 2 amide bonds. The van der Waals surface area contributed by atoms with E-state index in [1.54, 1.807) is 32.0 Å². The third-order valence-electron chi connectivity index (χ3n) is 2.73. The van der Waals surface area contributed by atoms with Gasteiger partial charge in [0.1, 0.15) is 0 Å². The summed E-state index contributed by atoms with van der Waals surface area (Å²) in [6.45, 7) is 3.50. The third-order valence-corrected chi connectivity index (χ3v) is 3.17. The van der Waals surface area contributed by atoms with Crippen molar-refractivity contribution < 1.29 is 9.59 Å². The van der Waals surface area contributed by atoms with Gasteiger partial charge in [0, 0.05) is 16.5 Å². The fourth-order valence-electron chi connectivity index (χ4n) is 1.88. The number of hydrogen-bond acceptors (Lipinski definition) is 2. The summed E-state index contributed by atoms with van der Waals surface area (Å²) >= 11 is 11.7. The lowest BCUT2D eigenvalue weighted by Crippen LogP contribution is -2.32. The highest BCUT2D eigenvalue weighted by atomic mass is 35.5. The van der Waals surface area contributed by atoms with E-state index in [0.29, 0.717) is 15.7 Å². The Morgan fingerprint density at radius 1 is 1.12 bits per heavy atom. The molecule has 0 bridgehead atoms. The fraction of sp³-hybridized carbons (Fsp3) is 0.333. The van der Waals surface area contributed by atoms with Crippen LogP contribution in [0.15, 0.2) is 18.2 Å². The maximum atomic E-state index is 12.1. The number of halogens is 2. The lowest BCUT2D eigenvalue weighted by Gasteiger charge is -2.18. The molecule has 17 heavy (non-hydrogen) atoms. The summed E-state index contributed by atoms with van der Waals surface area (Å²) in [5, 5.41) is 0.801. The van der Waals surface area contributed by atoms with E-state index in [0.717, 1.165) is 4.90 Å². The summed E-state index contributed by atoms with van der Waals surface area (Å²) in [6.07, 6.45) is 0.204. The molecule has 1 aliphatic rings. The first-order valence-corrected chi connectivity index (χ1v) is 5.90. The van der Waals surface area contributed by atoms with Crippen LogP contribution in [0.4, 0.5) is 5.69 Å². The Balaban J connectivity index is 2.47. The van der Waals surface area contributed by atoms with Gasteiger partial charge in [-0.15, -0.1) is 0 Å². The van der Waals surface area contributed by atoms with E-state index in [4.69, 9.17) is 23.2 Å². The predicted molar refractivity (Wildman–Crippen MR) is 67.4 cm³/mol. The van der Waals surface area contributed by atoms with Crippen molar-refractivity contribution in [3.8, 4) is 0 Å². The maximum absolute atomic E-state index is 12.1. The predicted octanol–water partition coefficient (Wildman–Crippen LogP) is 3.28. The van der Waals surface area contributed by atoms with Crippen molar-refractivity contribution in [2.75, 3.05) is 4.90 Å². The Labute approximate surface area is 109 Å². The minimum atomic E-state index is -0.661. The van der Waals surface area contributed by atoms with Crippen molar-refractivity contribution in [2.24, 2.45) is 5.41 Å². The van der Waals surface area contributed by atoms with Gasteiger partial charge in [0.2, 0.25) is 11.8 Å². The highest BCUT2D eigenvalue weighted by Gasteiger charge is 2.45. The second-order valence-corrected chi connectivity index (χ2v) is 5.60. The lowest BCUT2D eigenvalue weighted by molar-refractivity contribution is -0.124. The van der Waals surface area contributed by atoms with E-state index < -0.39 is 5.41 Å². The van der Waals surface area contributed by atoms with Gasteiger partial charge in [-0.05, 0) is 18.2 Å². The first-order chi connectivity index (χ1) is 7.81. The molecule has 1 aromatic carbocycles. The Bertz CT molecular complexity index is 491. The minimum absolute atomic E-state index is 0.204. The topological polar surface area (TPSA) is 37.4 Å². The number of carbonyl (C=O) groups is 2. The Hall–Kier alpha value is -1.06. The molecule has 0 aliphatic carbocycles. The van der Waals surface area contributed by atoms with E-state index in [2.05, 4.69) is 0 Å². The summed E-state index contributed by atoms with van der Waals surface area (Å²) in [7, 11) is 0. The van der Waals surface area contributed by atoms with E-state index in [9.17, 15) is 9.59 Å². The van der Waals surface area contributed by atoms with Gasteiger partial charge in [-0.1, -0.05) is 37.0 Å². The Morgan fingerprint density at radius 3 is 2.06 bits per heavy atom. The van der Waals surface area contributed by atoms with Crippen molar-refractivity contribution in [3.05, 3.63) is 28.2 Å². The fourth-order valence-corrected chi connectivity index (χ4v) is 2.39. The molecule has 90 valence electrons. The highest BCUT2D eigenvalue weighted by Crippen LogP contribution is 2.36. The lowest BCUT2D eigenvalue weighted by atomic mass is 9.92. The first kappa shape index (κ1) is 12.4. The van der Waals surface area contributed by atoms with Crippen LogP contribution < -0.4 is 4.90 Å². The average Bonchev–Trinajstić information content (AvgIpc) is 2.34. The van der Waals surface area contributed by atoms with Crippen LogP contribution in [0.2, 0.25) is 10.0 Å². The molecule has 1 fully saturated rings. The number of nitrogens with zero attached hydrogens (tertiary/aromatic N) is 1. The number of anilines is 1. The second-order valence-electron chi connectivity index (χ2n) is 4.72. The smallest absolute Gasteiger partial charge is 0.239 e. The van der Waals surface area contributed by atoms with Crippen LogP contribution >= 0.6 is 23.2 Å². The first-order valence-electron chi connectivity index (χ1n) is 5.15. The van der Waals surface area contributed by atoms with Crippen LogP contribution in [0.25, 0.3) is 0 Å². The van der Waals surface area contributed by atoms with Crippen LogP contribution in [0.1, 0.15) is 20.3 Å². The second kappa shape index (κ2) is 4.00. The van der Waals surface area contributed by atoms with E-state index in [1.165, 1.54) is 0 Å². The molecule has 1 aliphatic heterocycles. The van der Waals surface area contributed by atoms with Gasteiger partial charge in [-0.3, -0.25) is 9.59 Å². The molecule has 1 saturated heterocycles. The molecular weight excluding hydrogens is 261 g/mol. The molecule has 5 heteroatoms. The molecular formula is C12H11Cl2NO2. The molecule has 0 saturated carbocycles. The molecule has 0 unspecified atom stereocenters. The van der Waals surface area contributed by atoms with Gasteiger partial charge in [0.05, 0.1) is 11.1 Å². The number of hydrogen-bond donors (Lipinski definition) is 0.